The van der Waals surface area contributed by atoms with Crippen LogP contribution in [0.5, 0.6) is 0 Å². The van der Waals surface area contributed by atoms with Crippen molar-refractivity contribution in [3.05, 3.63) is 42.0 Å². The third-order valence-electron chi connectivity index (χ3n) is 4.12. The predicted octanol–water partition coefficient (Wildman–Crippen LogP) is 4.87. The molecule has 23 heavy (non-hydrogen) atoms. The summed E-state index contributed by atoms with van der Waals surface area (Å²) in [4.78, 5) is 0. The standard InChI is InChI=1S/C20H28P3/c1-6-7-12-23(5)19-11-9-8-10-16(19)20-17(21-3)13-15(2)14-18(20)22-4/h8-11,13-14,21-22H,5-7,12H2,1-4H3/q+1. The van der Waals surface area contributed by atoms with Crippen molar-refractivity contribution in [3.8, 4) is 11.1 Å². The van der Waals surface area contributed by atoms with E-state index in [1.807, 2.05) is 0 Å². The molecule has 0 saturated carbocycles. The summed E-state index contributed by atoms with van der Waals surface area (Å²) in [6.45, 7) is 9.08. The van der Waals surface area contributed by atoms with Crippen molar-refractivity contribution in [3.63, 3.8) is 0 Å². The largest absolute Gasteiger partial charge is 0.155 e. The first kappa shape index (κ1) is 18.8. The normalized spacial score (nSPS) is 12.6. The van der Waals surface area contributed by atoms with Gasteiger partial charge in [-0.05, 0) is 55.0 Å². The first-order chi connectivity index (χ1) is 11.1. The van der Waals surface area contributed by atoms with Gasteiger partial charge in [-0.1, -0.05) is 54.8 Å². The van der Waals surface area contributed by atoms with E-state index >= 15 is 0 Å². The van der Waals surface area contributed by atoms with Gasteiger partial charge in [0, 0.05) is 11.1 Å². The van der Waals surface area contributed by atoms with Crippen LogP contribution in [-0.4, -0.2) is 25.8 Å². The molecule has 2 aromatic rings. The molecule has 3 unspecified atom stereocenters. The molecule has 0 fully saturated rings. The number of hydrogen-bond acceptors (Lipinski definition) is 0. The molecule has 0 aliphatic carbocycles. The van der Waals surface area contributed by atoms with Gasteiger partial charge in [0.2, 0.25) is 0 Å². The lowest BCUT2D eigenvalue weighted by atomic mass is 10.0. The molecule has 0 aromatic heterocycles. The molecule has 0 radical (unpaired) electrons. The molecule has 122 valence electrons. The second kappa shape index (κ2) is 9.08. The Kier molecular flexibility index (Phi) is 7.43. The van der Waals surface area contributed by atoms with Gasteiger partial charge >= 0.3 is 0 Å². The van der Waals surface area contributed by atoms with Crippen LogP contribution in [0.3, 0.4) is 0 Å². The van der Waals surface area contributed by atoms with E-state index in [1.54, 1.807) is 0 Å². The van der Waals surface area contributed by atoms with Crippen molar-refractivity contribution >= 4 is 46.9 Å². The highest BCUT2D eigenvalue weighted by atomic mass is 31.1. The van der Waals surface area contributed by atoms with E-state index in [4.69, 9.17) is 0 Å². The van der Waals surface area contributed by atoms with Crippen molar-refractivity contribution in [1.82, 2.24) is 0 Å². The minimum Gasteiger partial charge on any atom is -0.0929 e. The summed E-state index contributed by atoms with van der Waals surface area (Å²) >= 11 is 0. The molecule has 0 aliphatic rings. The topological polar surface area (TPSA) is 0 Å². The van der Waals surface area contributed by atoms with Crippen LogP contribution in [0.2, 0.25) is 0 Å². The zero-order valence-corrected chi connectivity index (χ0v) is 17.6. The van der Waals surface area contributed by atoms with E-state index < -0.39 is 0 Å². The van der Waals surface area contributed by atoms with E-state index in [2.05, 4.69) is 69.9 Å². The second-order valence-corrected chi connectivity index (χ2v) is 9.96. The van der Waals surface area contributed by atoms with Crippen molar-refractivity contribution in [2.75, 3.05) is 19.5 Å². The first-order valence-corrected chi connectivity index (χ1v) is 13.0. The fourth-order valence-corrected chi connectivity index (χ4v) is 6.57. The van der Waals surface area contributed by atoms with E-state index in [-0.39, 0.29) is 7.55 Å². The second-order valence-electron chi connectivity index (χ2n) is 5.87. The van der Waals surface area contributed by atoms with Crippen molar-refractivity contribution in [1.29, 1.82) is 0 Å². The fourth-order valence-electron chi connectivity index (χ4n) is 2.90. The number of rotatable bonds is 7. The molecule has 0 N–H and O–H groups in total. The van der Waals surface area contributed by atoms with E-state index in [0.29, 0.717) is 0 Å². The van der Waals surface area contributed by atoms with Gasteiger partial charge in [-0.3, -0.25) is 0 Å². The van der Waals surface area contributed by atoms with Crippen LogP contribution in [0.15, 0.2) is 36.4 Å². The number of hydrogen-bond donors (Lipinski definition) is 0. The molecule has 2 rings (SSSR count). The first-order valence-electron chi connectivity index (χ1n) is 8.30. The van der Waals surface area contributed by atoms with Crippen molar-refractivity contribution in [2.45, 2.75) is 26.7 Å². The summed E-state index contributed by atoms with van der Waals surface area (Å²) in [7, 11) is 1.35. The summed E-state index contributed by atoms with van der Waals surface area (Å²) in [6, 6.07) is 13.8. The monoisotopic (exact) mass is 361 g/mol. The zero-order chi connectivity index (χ0) is 16.8. The number of benzene rings is 2. The van der Waals surface area contributed by atoms with Gasteiger partial charge in [0.25, 0.3) is 0 Å². The summed E-state index contributed by atoms with van der Waals surface area (Å²) in [5.74, 6) is 0. The number of unbranched alkanes of at least 4 members (excludes halogenated alkanes) is 1. The SMILES string of the molecule is C=[P+](CCCC)c1ccccc1-c1c(PC)cc(C)cc1PC. The molecule has 2 aromatic carbocycles. The molecular weight excluding hydrogens is 333 g/mol. The van der Waals surface area contributed by atoms with Crippen molar-refractivity contribution in [2.24, 2.45) is 0 Å². The Morgan fingerprint density at radius 1 is 1.04 bits per heavy atom. The third kappa shape index (κ3) is 4.51. The van der Waals surface area contributed by atoms with Crippen molar-refractivity contribution < 1.29 is 0 Å². The minimum atomic E-state index is -0.312. The molecule has 0 aliphatic heterocycles. The highest BCUT2D eigenvalue weighted by Crippen LogP contribution is 2.31. The maximum absolute atomic E-state index is 4.53. The van der Waals surface area contributed by atoms with Gasteiger partial charge in [-0.25, -0.2) is 0 Å². The molecule has 3 atom stereocenters. The quantitative estimate of drug-likeness (QED) is 0.618. The van der Waals surface area contributed by atoms with Crippen LogP contribution in [0, 0.1) is 6.92 Å². The van der Waals surface area contributed by atoms with Gasteiger partial charge in [0.15, 0.2) is 5.30 Å². The summed E-state index contributed by atoms with van der Waals surface area (Å²) in [5.41, 5.74) is 4.33. The lowest BCUT2D eigenvalue weighted by Gasteiger charge is -2.16. The molecule has 0 amide bonds. The highest BCUT2D eigenvalue weighted by molar-refractivity contribution is 7.64. The van der Waals surface area contributed by atoms with Gasteiger partial charge in [0.05, 0.1) is 6.30 Å². The minimum absolute atomic E-state index is 0.312. The summed E-state index contributed by atoms with van der Waals surface area (Å²) < 4.78 is 0. The Balaban J connectivity index is 2.61. The van der Waals surface area contributed by atoms with E-state index in [1.165, 1.54) is 51.6 Å². The maximum Gasteiger partial charge on any atom is 0.155 e. The van der Waals surface area contributed by atoms with E-state index in [9.17, 15) is 0 Å². The van der Waals surface area contributed by atoms with Crippen LogP contribution < -0.4 is 15.9 Å². The molecule has 0 spiro atoms. The maximum atomic E-state index is 4.53. The molecule has 0 heterocycles. The third-order valence-corrected chi connectivity index (χ3v) is 7.91. The fraction of sp³-hybridized carbons (Fsp3) is 0.350. The predicted molar refractivity (Wildman–Crippen MR) is 118 cm³/mol. The molecule has 0 saturated heterocycles. The Bertz CT molecular complexity index is 664. The van der Waals surface area contributed by atoms with Crippen LogP contribution >= 0.6 is 24.7 Å². The zero-order valence-electron chi connectivity index (χ0n) is 14.7. The lowest BCUT2D eigenvalue weighted by molar-refractivity contribution is 0.895. The average Bonchev–Trinajstić information content (AvgIpc) is 2.58. The van der Waals surface area contributed by atoms with Gasteiger partial charge < -0.3 is 0 Å². The van der Waals surface area contributed by atoms with Gasteiger partial charge in [0.1, 0.15) is 13.7 Å². The van der Waals surface area contributed by atoms with Crippen LogP contribution in [0.25, 0.3) is 11.1 Å². The van der Waals surface area contributed by atoms with Gasteiger partial charge in [-0.15, -0.1) is 0 Å². The average molecular weight is 361 g/mol. The highest BCUT2D eigenvalue weighted by Gasteiger charge is 2.20. The molecular formula is C20H28P3+. The van der Waals surface area contributed by atoms with Crippen LogP contribution in [-0.2, 0) is 0 Å². The van der Waals surface area contributed by atoms with Crippen LogP contribution in [0.1, 0.15) is 25.3 Å². The Labute approximate surface area is 146 Å². The van der Waals surface area contributed by atoms with E-state index in [0.717, 1.165) is 17.2 Å². The summed E-state index contributed by atoms with van der Waals surface area (Å²) in [6.07, 6.45) is 8.30. The Morgan fingerprint density at radius 2 is 1.65 bits per heavy atom. The molecule has 0 nitrogen and oxygen atoms in total. The van der Waals surface area contributed by atoms with Gasteiger partial charge in [-0.2, -0.15) is 0 Å². The molecule has 3 heteroatoms. The number of aryl methyl sites for hydroxylation is 1. The Morgan fingerprint density at radius 3 is 2.22 bits per heavy atom. The lowest BCUT2D eigenvalue weighted by Crippen LogP contribution is -2.17. The molecule has 0 bridgehead atoms. The Hall–Kier alpha value is -0.530. The summed E-state index contributed by atoms with van der Waals surface area (Å²) in [5, 5.41) is 4.51. The smallest absolute Gasteiger partial charge is 0.0929 e. The van der Waals surface area contributed by atoms with Crippen LogP contribution in [0.4, 0.5) is 0 Å².